The van der Waals surface area contributed by atoms with Crippen LogP contribution in [0.5, 0.6) is 0 Å². The number of aryl methyl sites for hydroxylation is 1. The van der Waals surface area contributed by atoms with Gasteiger partial charge in [-0.25, -0.2) is 8.78 Å². The molecule has 2 aromatic rings. The van der Waals surface area contributed by atoms with E-state index in [1.165, 1.54) is 6.07 Å². The third-order valence-electron chi connectivity index (χ3n) is 2.41. The lowest BCUT2D eigenvalue weighted by molar-refractivity contribution is 0.289. The topological polar surface area (TPSA) is 36.0 Å². The van der Waals surface area contributed by atoms with Crippen molar-refractivity contribution < 1.29 is 13.9 Å². The second-order valence-corrected chi connectivity index (χ2v) is 3.45. The summed E-state index contributed by atoms with van der Waals surface area (Å²) in [6.07, 6.45) is 2.99. The van der Waals surface area contributed by atoms with Crippen LogP contribution in [0.3, 0.4) is 0 Å². The van der Waals surface area contributed by atoms with E-state index in [1.807, 2.05) is 0 Å². The van der Waals surface area contributed by atoms with Crippen LogP contribution < -0.4 is 0 Å². The van der Waals surface area contributed by atoms with Gasteiger partial charge in [-0.1, -0.05) is 0 Å². The minimum atomic E-state index is -0.849. The van der Waals surface area contributed by atoms with Crippen molar-refractivity contribution in [3.05, 3.63) is 35.5 Å². The van der Waals surface area contributed by atoms with E-state index in [9.17, 15) is 8.78 Å². The van der Waals surface area contributed by atoms with Crippen LogP contribution in [0.25, 0.3) is 10.9 Å². The predicted molar refractivity (Wildman–Crippen MR) is 53.6 cm³/mol. The molecule has 0 aliphatic rings. The zero-order chi connectivity index (χ0) is 10.8. The predicted octanol–water partition coefficient (Wildman–Crippen LogP) is 2.37. The molecule has 0 saturated carbocycles. The number of aromatic amines is 1. The normalized spacial score (nSPS) is 11.1. The van der Waals surface area contributed by atoms with Crippen molar-refractivity contribution in [3.63, 3.8) is 0 Å². The molecule has 2 nitrogen and oxygen atoms in total. The summed E-state index contributed by atoms with van der Waals surface area (Å²) in [4.78, 5) is 2.88. The summed E-state index contributed by atoms with van der Waals surface area (Å²) >= 11 is 0. The Morgan fingerprint density at radius 3 is 2.67 bits per heavy atom. The standard InChI is InChI=1S/C11H11F2NO/c12-9-4-8-7(2-1-3-15)6-14-11(8)5-10(9)13/h4-6,14-15H,1-3H2. The SMILES string of the molecule is OCCCc1c[nH]c2cc(F)c(F)cc12. The summed E-state index contributed by atoms with van der Waals surface area (Å²) in [5.74, 6) is -1.69. The molecule has 2 rings (SSSR count). The van der Waals surface area contributed by atoms with Gasteiger partial charge in [0.05, 0.1) is 0 Å². The maximum absolute atomic E-state index is 13.0. The van der Waals surface area contributed by atoms with Gasteiger partial charge >= 0.3 is 0 Å². The summed E-state index contributed by atoms with van der Waals surface area (Å²) in [5, 5.41) is 9.37. The fourth-order valence-electron chi connectivity index (χ4n) is 1.65. The Balaban J connectivity index is 2.45. The molecule has 4 heteroatoms. The van der Waals surface area contributed by atoms with E-state index in [4.69, 9.17) is 5.11 Å². The number of hydrogen-bond acceptors (Lipinski definition) is 1. The van der Waals surface area contributed by atoms with Gasteiger partial charge in [-0.05, 0) is 24.5 Å². The van der Waals surface area contributed by atoms with Gasteiger partial charge in [0, 0.05) is 29.8 Å². The fraction of sp³-hybridized carbons (Fsp3) is 0.273. The number of fused-ring (bicyclic) bond motifs is 1. The van der Waals surface area contributed by atoms with Crippen LogP contribution in [0.1, 0.15) is 12.0 Å². The first-order valence-electron chi connectivity index (χ1n) is 4.78. The molecule has 0 aliphatic carbocycles. The zero-order valence-electron chi connectivity index (χ0n) is 8.06. The van der Waals surface area contributed by atoms with E-state index in [-0.39, 0.29) is 6.61 Å². The number of hydrogen-bond donors (Lipinski definition) is 2. The second kappa shape index (κ2) is 3.98. The van der Waals surface area contributed by atoms with E-state index in [0.717, 1.165) is 11.6 Å². The van der Waals surface area contributed by atoms with Gasteiger partial charge < -0.3 is 10.1 Å². The number of rotatable bonds is 3. The molecule has 0 spiro atoms. The molecule has 1 aromatic carbocycles. The average molecular weight is 211 g/mol. The van der Waals surface area contributed by atoms with Gasteiger partial charge in [-0.15, -0.1) is 0 Å². The van der Waals surface area contributed by atoms with Crippen molar-refractivity contribution in [1.29, 1.82) is 0 Å². The Kier molecular flexibility index (Phi) is 2.68. The molecule has 1 heterocycles. The molecular formula is C11H11F2NO. The van der Waals surface area contributed by atoms with E-state index >= 15 is 0 Å². The monoisotopic (exact) mass is 211 g/mol. The number of benzene rings is 1. The molecule has 0 amide bonds. The molecule has 0 radical (unpaired) electrons. The molecule has 80 valence electrons. The quantitative estimate of drug-likeness (QED) is 0.803. The Morgan fingerprint density at radius 1 is 1.20 bits per heavy atom. The van der Waals surface area contributed by atoms with E-state index < -0.39 is 11.6 Å². The highest BCUT2D eigenvalue weighted by molar-refractivity contribution is 5.83. The minimum Gasteiger partial charge on any atom is -0.396 e. The van der Waals surface area contributed by atoms with E-state index in [1.54, 1.807) is 6.20 Å². The molecule has 0 unspecified atom stereocenters. The van der Waals surface area contributed by atoms with Crippen LogP contribution in [0, 0.1) is 11.6 Å². The lowest BCUT2D eigenvalue weighted by Crippen LogP contribution is -1.89. The molecule has 15 heavy (non-hydrogen) atoms. The minimum absolute atomic E-state index is 0.0936. The third kappa shape index (κ3) is 1.85. The van der Waals surface area contributed by atoms with Crippen LogP contribution in [-0.4, -0.2) is 16.7 Å². The first-order chi connectivity index (χ1) is 7.22. The van der Waals surface area contributed by atoms with E-state index in [2.05, 4.69) is 4.98 Å². The van der Waals surface area contributed by atoms with Crippen LogP contribution in [0.15, 0.2) is 18.3 Å². The Bertz CT molecular complexity index is 479. The fourth-order valence-corrected chi connectivity index (χ4v) is 1.65. The smallest absolute Gasteiger partial charge is 0.160 e. The second-order valence-electron chi connectivity index (χ2n) is 3.45. The summed E-state index contributed by atoms with van der Waals surface area (Å²) in [6, 6.07) is 2.33. The average Bonchev–Trinajstić information content (AvgIpc) is 2.59. The van der Waals surface area contributed by atoms with Crippen LogP contribution in [-0.2, 0) is 6.42 Å². The van der Waals surface area contributed by atoms with Crippen LogP contribution >= 0.6 is 0 Å². The maximum atomic E-state index is 13.0. The molecule has 2 N–H and O–H groups in total. The first-order valence-corrected chi connectivity index (χ1v) is 4.78. The number of H-pyrrole nitrogens is 1. The van der Waals surface area contributed by atoms with E-state index in [0.29, 0.717) is 23.7 Å². The number of nitrogens with one attached hydrogen (secondary N) is 1. The van der Waals surface area contributed by atoms with Crippen molar-refractivity contribution in [3.8, 4) is 0 Å². The lowest BCUT2D eigenvalue weighted by atomic mass is 10.1. The van der Waals surface area contributed by atoms with Gasteiger partial charge in [0.2, 0.25) is 0 Å². The summed E-state index contributed by atoms with van der Waals surface area (Å²) in [7, 11) is 0. The Hall–Kier alpha value is -1.42. The van der Waals surface area contributed by atoms with Crippen molar-refractivity contribution in [2.75, 3.05) is 6.61 Å². The van der Waals surface area contributed by atoms with Gasteiger partial charge in [-0.2, -0.15) is 0 Å². The highest BCUT2D eigenvalue weighted by Crippen LogP contribution is 2.22. The van der Waals surface area contributed by atoms with Crippen LogP contribution in [0.2, 0.25) is 0 Å². The summed E-state index contributed by atoms with van der Waals surface area (Å²) in [6.45, 7) is 0.0936. The molecule has 0 saturated heterocycles. The van der Waals surface area contributed by atoms with Crippen molar-refractivity contribution >= 4 is 10.9 Å². The molecule has 0 atom stereocenters. The van der Waals surface area contributed by atoms with Gasteiger partial charge in [0.15, 0.2) is 11.6 Å². The Labute approximate surface area is 85.5 Å². The summed E-state index contributed by atoms with van der Waals surface area (Å²) < 4.78 is 25.9. The number of aliphatic hydroxyl groups is 1. The Morgan fingerprint density at radius 2 is 1.93 bits per heavy atom. The number of halogens is 2. The summed E-state index contributed by atoms with van der Waals surface area (Å²) in [5.41, 5.74) is 1.49. The molecule has 1 aromatic heterocycles. The van der Waals surface area contributed by atoms with Gasteiger partial charge in [0.25, 0.3) is 0 Å². The maximum Gasteiger partial charge on any atom is 0.160 e. The van der Waals surface area contributed by atoms with Gasteiger partial charge in [0.1, 0.15) is 0 Å². The molecule has 0 bridgehead atoms. The molecular weight excluding hydrogens is 200 g/mol. The first kappa shape index (κ1) is 10.1. The van der Waals surface area contributed by atoms with Crippen LogP contribution in [0.4, 0.5) is 8.78 Å². The highest BCUT2D eigenvalue weighted by Gasteiger charge is 2.08. The molecule has 0 fully saturated rings. The third-order valence-corrected chi connectivity index (χ3v) is 2.41. The molecule has 0 aliphatic heterocycles. The highest BCUT2D eigenvalue weighted by atomic mass is 19.2. The number of aromatic nitrogens is 1. The van der Waals surface area contributed by atoms with Gasteiger partial charge in [-0.3, -0.25) is 0 Å². The lowest BCUT2D eigenvalue weighted by Gasteiger charge is -1.98. The largest absolute Gasteiger partial charge is 0.396 e. The van der Waals surface area contributed by atoms with Crippen molar-refractivity contribution in [2.24, 2.45) is 0 Å². The van der Waals surface area contributed by atoms with Crippen molar-refractivity contribution in [1.82, 2.24) is 4.98 Å². The zero-order valence-corrected chi connectivity index (χ0v) is 8.06. The van der Waals surface area contributed by atoms with Crippen molar-refractivity contribution in [2.45, 2.75) is 12.8 Å². The number of aliphatic hydroxyl groups excluding tert-OH is 1.